The molecule has 1 aliphatic heterocycles. The van der Waals surface area contributed by atoms with Gasteiger partial charge in [0.05, 0.1) is 6.54 Å². The van der Waals surface area contributed by atoms with Gasteiger partial charge in [0.1, 0.15) is 0 Å². The van der Waals surface area contributed by atoms with Crippen molar-refractivity contribution in [2.45, 2.75) is 58.4 Å². The first-order valence-electron chi connectivity index (χ1n) is 8.77. The predicted octanol–water partition coefficient (Wildman–Crippen LogP) is 3.44. The molecular weight excluding hydrogens is 272 g/mol. The van der Waals surface area contributed by atoms with Crippen LogP contribution in [0.15, 0.2) is 18.2 Å². The first kappa shape index (κ1) is 15.4. The zero-order valence-electron chi connectivity index (χ0n) is 13.9. The Morgan fingerprint density at radius 1 is 1.27 bits per heavy atom. The molecule has 0 unspecified atom stereocenters. The van der Waals surface area contributed by atoms with E-state index in [9.17, 15) is 4.79 Å². The molecule has 1 N–H and O–H groups in total. The number of carbonyl (C=O) groups is 1. The third kappa shape index (κ3) is 3.45. The lowest BCUT2D eigenvalue weighted by atomic mass is 9.86. The van der Waals surface area contributed by atoms with Gasteiger partial charge in [-0.3, -0.25) is 4.79 Å². The van der Waals surface area contributed by atoms with Crippen molar-refractivity contribution in [2.75, 3.05) is 18.0 Å². The maximum absolute atomic E-state index is 12.4. The summed E-state index contributed by atoms with van der Waals surface area (Å²) < 4.78 is 0. The molecule has 22 heavy (non-hydrogen) atoms. The van der Waals surface area contributed by atoms with E-state index in [1.807, 2.05) is 0 Å². The van der Waals surface area contributed by atoms with E-state index in [0.29, 0.717) is 18.5 Å². The van der Waals surface area contributed by atoms with Crippen LogP contribution in [0, 0.1) is 12.8 Å². The maximum Gasteiger partial charge on any atom is 0.239 e. The molecule has 1 saturated carbocycles. The Balaban J connectivity index is 1.63. The summed E-state index contributed by atoms with van der Waals surface area (Å²) in [4.78, 5) is 14.7. The minimum atomic E-state index is 0.187. The molecule has 0 aromatic heterocycles. The number of hydrogen-bond donors (Lipinski definition) is 1. The van der Waals surface area contributed by atoms with Crippen LogP contribution in [-0.2, 0) is 11.2 Å². The highest BCUT2D eigenvalue weighted by atomic mass is 16.2. The Morgan fingerprint density at radius 2 is 2.09 bits per heavy atom. The Hall–Kier alpha value is -1.51. The van der Waals surface area contributed by atoms with Crippen LogP contribution in [0.25, 0.3) is 0 Å². The van der Waals surface area contributed by atoms with E-state index < -0.39 is 0 Å². The van der Waals surface area contributed by atoms with Crippen molar-refractivity contribution in [1.82, 2.24) is 5.32 Å². The fourth-order valence-electron chi connectivity index (χ4n) is 3.92. The number of nitrogens with zero attached hydrogens (tertiary/aromatic N) is 1. The molecule has 0 spiro atoms. The van der Waals surface area contributed by atoms with E-state index in [4.69, 9.17) is 0 Å². The number of amides is 1. The van der Waals surface area contributed by atoms with Gasteiger partial charge in [-0.2, -0.15) is 0 Å². The Morgan fingerprint density at radius 3 is 2.91 bits per heavy atom. The van der Waals surface area contributed by atoms with Crippen molar-refractivity contribution >= 4 is 11.6 Å². The highest BCUT2D eigenvalue weighted by Crippen LogP contribution is 2.28. The van der Waals surface area contributed by atoms with Gasteiger partial charge < -0.3 is 10.2 Å². The molecule has 120 valence electrons. The van der Waals surface area contributed by atoms with Crippen molar-refractivity contribution < 1.29 is 4.79 Å². The molecule has 2 atom stereocenters. The number of rotatable bonds is 3. The van der Waals surface area contributed by atoms with Crippen LogP contribution in [0.1, 0.15) is 50.2 Å². The van der Waals surface area contributed by atoms with Gasteiger partial charge in [0.15, 0.2) is 0 Å². The van der Waals surface area contributed by atoms with Crippen molar-refractivity contribution in [1.29, 1.82) is 0 Å². The summed E-state index contributed by atoms with van der Waals surface area (Å²) in [5.41, 5.74) is 3.95. The normalized spacial score (nSPS) is 24.7. The number of nitrogens with one attached hydrogen (secondary N) is 1. The van der Waals surface area contributed by atoms with E-state index in [2.05, 4.69) is 42.3 Å². The van der Waals surface area contributed by atoms with Crippen molar-refractivity contribution in [3.8, 4) is 0 Å². The molecule has 0 saturated heterocycles. The highest BCUT2D eigenvalue weighted by molar-refractivity contribution is 5.82. The van der Waals surface area contributed by atoms with Gasteiger partial charge in [-0.1, -0.05) is 37.5 Å². The smallest absolute Gasteiger partial charge is 0.239 e. The lowest BCUT2D eigenvalue weighted by Crippen LogP contribution is -2.46. The van der Waals surface area contributed by atoms with Crippen LogP contribution in [-0.4, -0.2) is 25.0 Å². The van der Waals surface area contributed by atoms with Crippen molar-refractivity contribution in [3.05, 3.63) is 29.3 Å². The molecule has 1 amide bonds. The van der Waals surface area contributed by atoms with Crippen LogP contribution < -0.4 is 10.2 Å². The largest absolute Gasteiger partial charge is 0.362 e. The molecule has 1 fully saturated rings. The SMILES string of the molecule is Cc1ccc2c(c1)CCCN2CC(=O)N[C@@H]1CCCC[C@@H]1C. The second-order valence-electron chi connectivity index (χ2n) is 7.09. The Bertz CT molecular complexity index is 540. The topological polar surface area (TPSA) is 32.3 Å². The number of fused-ring (bicyclic) bond motifs is 1. The molecule has 0 radical (unpaired) electrons. The molecule has 3 nitrogen and oxygen atoms in total. The van der Waals surface area contributed by atoms with Gasteiger partial charge in [-0.15, -0.1) is 0 Å². The van der Waals surface area contributed by atoms with Gasteiger partial charge in [-0.25, -0.2) is 0 Å². The molecule has 1 aromatic rings. The molecule has 0 bridgehead atoms. The number of benzene rings is 1. The van der Waals surface area contributed by atoms with Gasteiger partial charge in [-0.05, 0) is 50.2 Å². The summed E-state index contributed by atoms with van der Waals surface area (Å²) in [6.45, 7) is 5.89. The van der Waals surface area contributed by atoms with Gasteiger partial charge in [0.2, 0.25) is 5.91 Å². The van der Waals surface area contributed by atoms with Gasteiger partial charge >= 0.3 is 0 Å². The lowest BCUT2D eigenvalue weighted by molar-refractivity contribution is -0.121. The summed E-state index contributed by atoms with van der Waals surface area (Å²) in [5.74, 6) is 0.807. The molecule has 2 aliphatic rings. The lowest BCUT2D eigenvalue weighted by Gasteiger charge is -2.33. The van der Waals surface area contributed by atoms with Crippen LogP contribution in [0.4, 0.5) is 5.69 Å². The maximum atomic E-state index is 12.4. The summed E-state index contributed by atoms with van der Waals surface area (Å²) in [7, 11) is 0. The van der Waals surface area contributed by atoms with Gasteiger partial charge in [0.25, 0.3) is 0 Å². The Kier molecular flexibility index (Phi) is 4.70. The second-order valence-corrected chi connectivity index (χ2v) is 7.09. The summed E-state index contributed by atoms with van der Waals surface area (Å²) in [5, 5.41) is 3.28. The van der Waals surface area contributed by atoms with E-state index in [1.165, 1.54) is 36.1 Å². The average Bonchev–Trinajstić information content (AvgIpc) is 2.49. The first-order chi connectivity index (χ1) is 10.6. The number of carbonyl (C=O) groups excluding carboxylic acids is 1. The predicted molar refractivity (Wildman–Crippen MR) is 91.3 cm³/mol. The minimum Gasteiger partial charge on any atom is -0.362 e. The zero-order chi connectivity index (χ0) is 15.5. The molecule has 1 heterocycles. The van der Waals surface area contributed by atoms with Crippen molar-refractivity contribution in [3.63, 3.8) is 0 Å². The molecule has 3 rings (SSSR count). The zero-order valence-corrected chi connectivity index (χ0v) is 13.9. The third-order valence-electron chi connectivity index (χ3n) is 5.24. The van der Waals surface area contributed by atoms with E-state index in [-0.39, 0.29) is 5.91 Å². The first-order valence-corrected chi connectivity index (χ1v) is 8.77. The number of hydrogen-bond acceptors (Lipinski definition) is 2. The Labute approximate surface area is 134 Å². The van der Waals surface area contributed by atoms with E-state index in [0.717, 1.165) is 25.8 Å². The van der Waals surface area contributed by atoms with Crippen LogP contribution in [0.2, 0.25) is 0 Å². The van der Waals surface area contributed by atoms with E-state index in [1.54, 1.807) is 0 Å². The van der Waals surface area contributed by atoms with Gasteiger partial charge in [0, 0.05) is 18.3 Å². The number of aryl methyl sites for hydroxylation is 2. The molecule has 1 aliphatic carbocycles. The van der Waals surface area contributed by atoms with Crippen LogP contribution >= 0.6 is 0 Å². The third-order valence-corrected chi connectivity index (χ3v) is 5.24. The fourth-order valence-corrected chi connectivity index (χ4v) is 3.92. The minimum absolute atomic E-state index is 0.187. The van der Waals surface area contributed by atoms with Crippen molar-refractivity contribution in [2.24, 2.45) is 5.92 Å². The summed E-state index contributed by atoms with van der Waals surface area (Å²) in [6.07, 6.45) is 7.23. The standard InChI is InChI=1S/C19H28N2O/c1-14-9-10-18-16(12-14)7-5-11-21(18)13-19(22)20-17-8-4-3-6-15(17)2/h9-10,12,15,17H,3-8,11,13H2,1-2H3,(H,20,22)/t15-,17+/m0/s1. The second kappa shape index (κ2) is 6.72. The fraction of sp³-hybridized carbons (Fsp3) is 0.632. The molecule has 3 heteroatoms. The average molecular weight is 300 g/mol. The monoisotopic (exact) mass is 300 g/mol. The highest BCUT2D eigenvalue weighted by Gasteiger charge is 2.24. The summed E-state index contributed by atoms with van der Waals surface area (Å²) in [6, 6.07) is 6.98. The number of anilines is 1. The molecule has 1 aromatic carbocycles. The van der Waals surface area contributed by atoms with Crippen LogP contribution in [0.3, 0.4) is 0 Å². The quantitative estimate of drug-likeness (QED) is 0.927. The summed E-state index contributed by atoms with van der Waals surface area (Å²) >= 11 is 0. The van der Waals surface area contributed by atoms with Crippen LogP contribution in [0.5, 0.6) is 0 Å². The molecular formula is C19H28N2O. The van der Waals surface area contributed by atoms with E-state index >= 15 is 0 Å².